The Kier molecular flexibility index (Phi) is 3.60. The van der Waals surface area contributed by atoms with E-state index in [2.05, 4.69) is 10.8 Å². The molecule has 0 fully saturated rings. The monoisotopic (exact) mass is 305 g/mol. The third-order valence-electron chi connectivity index (χ3n) is 3.24. The summed E-state index contributed by atoms with van der Waals surface area (Å²) in [6.07, 6.45) is 2.07. The summed E-state index contributed by atoms with van der Waals surface area (Å²) in [4.78, 5) is 0. The summed E-state index contributed by atoms with van der Waals surface area (Å²) in [5.41, 5.74) is 2.24. The molecule has 0 aliphatic heterocycles. The van der Waals surface area contributed by atoms with E-state index in [1.54, 1.807) is 0 Å². The molecule has 0 unspecified atom stereocenters. The Morgan fingerprint density at radius 3 is 2.45 bits per heavy atom. The van der Waals surface area contributed by atoms with Gasteiger partial charge in [-0.05, 0) is 36.4 Å². The Morgan fingerprint density at radius 2 is 1.70 bits per heavy atom. The van der Waals surface area contributed by atoms with Gasteiger partial charge in [-0.1, -0.05) is 29.3 Å². The Bertz CT molecular complexity index is 747. The van der Waals surface area contributed by atoms with Crippen LogP contribution in [0.5, 0.6) is 5.75 Å². The molecular formula is C16H13Cl2NO. The van der Waals surface area contributed by atoms with Crippen LogP contribution in [0.4, 0.5) is 0 Å². The highest BCUT2D eigenvalue weighted by Gasteiger charge is 2.07. The zero-order valence-electron chi connectivity index (χ0n) is 10.9. The third-order valence-corrected chi connectivity index (χ3v) is 3.73. The normalized spacial score (nSPS) is 10.9. The van der Waals surface area contributed by atoms with Gasteiger partial charge in [0.1, 0.15) is 12.4 Å². The van der Waals surface area contributed by atoms with Gasteiger partial charge < -0.3 is 9.30 Å². The molecule has 1 heterocycles. The smallest absolute Gasteiger partial charge is 0.119 e. The van der Waals surface area contributed by atoms with Crippen LogP contribution in [0.25, 0.3) is 10.9 Å². The molecule has 20 heavy (non-hydrogen) atoms. The average Bonchev–Trinajstić information content (AvgIpc) is 2.74. The molecule has 2 aromatic carbocycles. The lowest BCUT2D eigenvalue weighted by atomic mass is 10.2. The second-order valence-electron chi connectivity index (χ2n) is 4.67. The summed E-state index contributed by atoms with van der Waals surface area (Å²) >= 11 is 11.9. The number of benzene rings is 2. The fourth-order valence-electron chi connectivity index (χ4n) is 2.25. The number of aromatic nitrogens is 1. The van der Waals surface area contributed by atoms with Crippen LogP contribution in [0.15, 0.2) is 48.7 Å². The molecule has 1 aromatic heterocycles. The fraction of sp³-hybridized carbons (Fsp3) is 0.125. The lowest BCUT2D eigenvalue weighted by Gasteiger charge is -2.05. The van der Waals surface area contributed by atoms with Crippen LogP contribution < -0.4 is 4.74 Å². The minimum absolute atomic E-state index is 0.514. The summed E-state index contributed by atoms with van der Waals surface area (Å²) in [5.74, 6) is 0.806. The lowest BCUT2D eigenvalue weighted by Crippen LogP contribution is -1.94. The first kappa shape index (κ1) is 13.3. The van der Waals surface area contributed by atoms with Crippen molar-refractivity contribution in [2.45, 2.75) is 6.61 Å². The van der Waals surface area contributed by atoms with Gasteiger partial charge in [0.25, 0.3) is 0 Å². The number of nitrogens with zero attached hydrogens (tertiary/aromatic N) is 1. The predicted molar refractivity (Wildman–Crippen MR) is 83.7 cm³/mol. The quantitative estimate of drug-likeness (QED) is 0.659. The van der Waals surface area contributed by atoms with E-state index in [-0.39, 0.29) is 0 Å². The van der Waals surface area contributed by atoms with Gasteiger partial charge in [-0.2, -0.15) is 0 Å². The minimum atomic E-state index is 0.514. The van der Waals surface area contributed by atoms with Crippen LogP contribution in [-0.2, 0) is 13.7 Å². The SMILES string of the molecule is Cn1cc(COc2ccc(Cl)cc2)c2ccc(Cl)cc21. The molecule has 3 aromatic rings. The number of hydrogen-bond acceptors (Lipinski definition) is 1. The number of ether oxygens (including phenoxy) is 1. The lowest BCUT2D eigenvalue weighted by molar-refractivity contribution is 0.307. The van der Waals surface area contributed by atoms with Crippen LogP contribution in [0.1, 0.15) is 5.56 Å². The van der Waals surface area contributed by atoms with Crippen molar-refractivity contribution in [3.8, 4) is 5.75 Å². The topological polar surface area (TPSA) is 14.2 Å². The number of hydrogen-bond donors (Lipinski definition) is 0. The molecular weight excluding hydrogens is 293 g/mol. The van der Waals surface area contributed by atoms with Gasteiger partial charge in [0.15, 0.2) is 0 Å². The van der Waals surface area contributed by atoms with Crippen molar-refractivity contribution in [2.75, 3.05) is 0 Å². The molecule has 0 saturated heterocycles. The Balaban J connectivity index is 1.86. The maximum atomic E-state index is 6.03. The molecule has 0 atom stereocenters. The highest BCUT2D eigenvalue weighted by molar-refractivity contribution is 6.31. The first-order valence-electron chi connectivity index (χ1n) is 6.25. The van der Waals surface area contributed by atoms with Crippen LogP contribution in [0, 0.1) is 0 Å². The molecule has 0 radical (unpaired) electrons. The standard InChI is InChI=1S/C16H13Cl2NO/c1-19-9-11(15-7-4-13(18)8-16(15)19)10-20-14-5-2-12(17)3-6-14/h2-9H,10H2,1H3. The van der Waals surface area contributed by atoms with Crippen LogP contribution >= 0.6 is 23.2 Å². The van der Waals surface area contributed by atoms with E-state index >= 15 is 0 Å². The largest absolute Gasteiger partial charge is 0.489 e. The van der Waals surface area contributed by atoms with Crippen LogP contribution in [-0.4, -0.2) is 4.57 Å². The summed E-state index contributed by atoms with van der Waals surface area (Å²) in [5, 5.41) is 2.60. The van der Waals surface area contributed by atoms with Gasteiger partial charge in [0, 0.05) is 39.8 Å². The number of rotatable bonds is 3. The molecule has 0 bridgehead atoms. The maximum Gasteiger partial charge on any atom is 0.119 e. The number of aryl methyl sites for hydroxylation is 1. The molecule has 0 amide bonds. The third kappa shape index (κ3) is 2.62. The van der Waals surface area contributed by atoms with Gasteiger partial charge in [0.2, 0.25) is 0 Å². The van der Waals surface area contributed by atoms with E-state index < -0.39 is 0 Å². The van der Waals surface area contributed by atoms with Crippen LogP contribution in [0.3, 0.4) is 0 Å². The van der Waals surface area contributed by atoms with E-state index in [0.29, 0.717) is 11.6 Å². The Labute approximate surface area is 127 Å². The second kappa shape index (κ2) is 5.39. The maximum absolute atomic E-state index is 6.03. The van der Waals surface area contributed by atoms with Gasteiger partial charge in [-0.3, -0.25) is 0 Å². The summed E-state index contributed by atoms with van der Waals surface area (Å²) in [6, 6.07) is 13.3. The van der Waals surface area contributed by atoms with Crippen molar-refractivity contribution in [1.29, 1.82) is 0 Å². The molecule has 0 spiro atoms. The molecule has 0 aliphatic carbocycles. The van der Waals surface area contributed by atoms with E-state index in [9.17, 15) is 0 Å². The van der Waals surface area contributed by atoms with E-state index in [4.69, 9.17) is 27.9 Å². The molecule has 0 N–H and O–H groups in total. The summed E-state index contributed by atoms with van der Waals surface area (Å²) in [6.45, 7) is 0.514. The predicted octanol–water partition coefficient (Wildman–Crippen LogP) is 5.06. The minimum Gasteiger partial charge on any atom is -0.489 e. The molecule has 4 heteroatoms. The van der Waals surface area contributed by atoms with Crippen LogP contribution in [0.2, 0.25) is 10.0 Å². The fourth-order valence-corrected chi connectivity index (χ4v) is 2.54. The van der Waals surface area contributed by atoms with Crippen molar-refractivity contribution in [1.82, 2.24) is 4.57 Å². The first-order chi connectivity index (χ1) is 9.63. The molecule has 3 rings (SSSR count). The zero-order chi connectivity index (χ0) is 14.1. The van der Waals surface area contributed by atoms with Crippen molar-refractivity contribution in [3.05, 3.63) is 64.3 Å². The average molecular weight is 306 g/mol. The zero-order valence-corrected chi connectivity index (χ0v) is 12.4. The molecule has 0 saturated carbocycles. The molecule has 102 valence electrons. The Hall–Kier alpha value is -1.64. The van der Waals surface area contributed by atoms with Crippen molar-refractivity contribution in [2.24, 2.45) is 7.05 Å². The van der Waals surface area contributed by atoms with Gasteiger partial charge in [-0.25, -0.2) is 0 Å². The van der Waals surface area contributed by atoms with Crippen molar-refractivity contribution in [3.63, 3.8) is 0 Å². The van der Waals surface area contributed by atoms with E-state index in [1.807, 2.05) is 49.5 Å². The van der Waals surface area contributed by atoms with Gasteiger partial charge in [-0.15, -0.1) is 0 Å². The summed E-state index contributed by atoms with van der Waals surface area (Å²) in [7, 11) is 2.00. The first-order valence-corrected chi connectivity index (χ1v) is 7.01. The highest BCUT2D eigenvalue weighted by Crippen LogP contribution is 2.25. The van der Waals surface area contributed by atoms with Gasteiger partial charge in [0.05, 0.1) is 0 Å². The number of halogens is 2. The van der Waals surface area contributed by atoms with Gasteiger partial charge >= 0.3 is 0 Å². The highest BCUT2D eigenvalue weighted by atomic mass is 35.5. The molecule has 2 nitrogen and oxygen atoms in total. The van der Waals surface area contributed by atoms with Crippen molar-refractivity contribution < 1.29 is 4.74 Å². The Morgan fingerprint density at radius 1 is 1.00 bits per heavy atom. The van der Waals surface area contributed by atoms with E-state index in [0.717, 1.165) is 27.2 Å². The number of fused-ring (bicyclic) bond motifs is 1. The second-order valence-corrected chi connectivity index (χ2v) is 5.54. The summed E-state index contributed by atoms with van der Waals surface area (Å²) < 4.78 is 7.85. The molecule has 0 aliphatic rings. The van der Waals surface area contributed by atoms with E-state index in [1.165, 1.54) is 0 Å². The van der Waals surface area contributed by atoms with Crippen molar-refractivity contribution >= 4 is 34.1 Å².